The van der Waals surface area contributed by atoms with Crippen LogP contribution in [0.25, 0.3) is 53.6 Å². The minimum absolute atomic E-state index is 0.0986. The average molecular weight is 844 g/mol. The smallest absolute Gasteiger partial charge is 0.294 e. The minimum atomic E-state index is -0.528. The van der Waals surface area contributed by atoms with Gasteiger partial charge in [-0.2, -0.15) is 8.75 Å². The van der Waals surface area contributed by atoms with Gasteiger partial charge < -0.3 is 9.64 Å². The number of carbonyl (C=O) groups excluding carboxylic acids is 3. The van der Waals surface area contributed by atoms with Gasteiger partial charge in [0.2, 0.25) is 0 Å². The molecule has 1 fully saturated rings. The zero-order valence-corrected chi connectivity index (χ0v) is 33.5. The van der Waals surface area contributed by atoms with Gasteiger partial charge in [0, 0.05) is 52.5 Å². The highest BCUT2D eigenvalue weighted by molar-refractivity contribution is 8.23. The Morgan fingerprint density at radius 3 is 1.96 bits per heavy atom. The molecule has 1 aliphatic heterocycles. The molecule has 280 valence electrons. The summed E-state index contributed by atoms with van der Waals surface area (Å²) in [4.78, 5) is 63.8. The molecule has 8 aromatic rings. The van der Waals surface area contributed by atoms with Crippen LogP contribution < -0.4 is 19.7 Å². The van der Waals surface area contributed by atoms with E-state index in [0.29, 0.717) is 20.9 Å². The molecule has 5 heterocycles. The monoisotopic (exact) mass is 843 g/mol. The van der Waals surface area contributed by atoms with Gasteiger partial charge in [0.05, 0.1) is 21.1 Å². The van der Waals surface area contributed by atoms with Gasteiger partial charge in [-0.1, -0.05) is 48.5 Å². The van der Waals surface area contributed by atoms with Crippen molar-refractivity contribution in [3.8, 4) is 31.6 Å². The Morgan fingerprint density at radius 1 is 0.737 bits per heavy atom. The molecule has 4 aromatic heterocycles. The number of hydrogen-bond donors (Lipinski definition) is 0. The number of para-hydroxylation sites is 2. The van der Waals surface area contributed by atoms with E-state index in [9.17, 15) is 19.2 Å². The maximum absolute atomic E-state index is 13.4. The van der Waals surface area contributed by atoms with E-state index in [-0.39, 0.29) is 20.6 Å². The van der Waals surface area contributed by atoms with E-state index < -0.39 is 23.4 Å². The summed E-state index contributed by atoms with van der Waals surface area (Å²) in [5, 5.41) is 1.03. The van der Waals surface area contributed by atoms with Crippen molar-refractivity contribution in [3.63, 3.8) is 0 Å². The molecule has 0 N–H and O–H groups in total. The average Bonchev–Trinajstić information content (AvgIpc) is 4.10. The van der Waals surface area contributed by atoms with Gasteiger partial charge in [0.1, 0.15) is 30.6 Å². The molecule has 0 saturated carbocycles. The van der Waals surface area contributed by atoms with Crippen LogP contribution in [0.2, 0.25) is 0 Å². The molecular formula is C40H25N7O5S5. The van der Waals surface area contributed by atoms with Gasteiger partial charge in [-0.05, 0) is 71.9 Å². The number of thiazole rings is 3. The van der Waals surface area contributed by atoms with Crippen molar-refractivity contribution in [2.75, 3.05) is 11.9 Å². The number of anilines is 3. The fraction of sp³-hybridized carbons (Fsp3) is 0.0500. The second-order valence-corrected chi connectivity index (χ2v) is 17.0. The van der Waals surface area contributed by atoms with Crippen molar-refractivity contribution in [2.24, 2.45) is 0 Å². The summed E-state index contributed by atoms with van der Waals surface area (Å²) in [7, 11) is 1.37. The highest BCUT2D eigenvalue weighted by atomic mass is 32.2. The molecule has 0 bridgehead atoms. The number of benzene rings is 4. The Morgan fingerprint density at radius 2 is 1.35 bits per heavy atom. The van der Waals surface area contributed by atoms with Gasteiger partial charge in [0.25, 0.3) is 23.2 Å². The van der Waals surface area contributed by atoms with Crippen LogP contribution in [0.1, 0.15) is 4.88 Å². The van der Waals surface area contributed by atoms with Gasteiger partial charge in [0.15, 0.2) is 6.73 Å². The summed E-state index contributed by atoms with van der Waals surface area (Å²) in [6, 6.07) is 33.0. The maximum Gasteiger partial charge on any atom is 0.294 e. The second-order valence-electron chi connectivity index (χ2n) is 12.4. The Kier molecular flexibility index (Phi) is 9.89. The number of carbonyl (C=O) groups is 3. The predicted molar refractivity (Wildman–Crippen MR) is 227 cm³/mol. The zero-order valence-electron chi connectivity index (χ0n) is 29.5. The maximum atomic E-state index is 13.4. The summed E-state index contributed by atoms with van der Waals surface area (Å²) in [6.07, 6.45) is 5.21. The summed E-state index contributed by atoms with van der Waals surface area (Å²) >= 11 is 5.82. The van der Waals surface area contributed by atoms with Gasteiger partial charge in [-0.25, -0.2) is 9.97 Å². The van der Waals surface area contributed by atoms with E-state index in [2.05, 4.69) is 67.2 Å². The molecule has 2 amide bonds. The molecule has 0 spiro atoms. The molecule has 9 rings (SSSR count). The van der Waals surface area contributed by atoms with Gasteiger partial charge in [-0.3, -0.25) is 28.6 Å². The number of aromatic nitrogens is 5. The Bertz CT molecular complexity index is 2970. The molecule has 0 unspecified atom stereocenters. The molecule has 17 heteroatoms. The summed E-state index contributed by atoms with van der Waals surface area (Å²) in [5.74, 6) is -0.528. The number of hydrogen-bond acceptors (Lipinski definition) is 15. The van der Waals surface area contributed by atoms with Crippen molar-refractivity contribution >= 4 is 114 Å². The van der Waals surface area contributed by atoms with Crippen LogP contribution in [-0.4, -0.2) is 52.8 Å². The fourth-order valence-electron chi connectivity index (χ4n) is 6.21. The lowest BCUT2D eigenvalue weighted by molar-refractivity contribution is -0.132. The first-order valence-corrected chi connectivity index (χ1v) is 21.1. The van der Waals surface area contributed by atoms with E-state index in [1.807, 2.05) is 54.7 Å². The van der Waals surface area contributed by atoms with Crippen molar-refractivity contribution in [1.82, 2.24) is 28.2 Å². The lowest BCUT2D eigenvalue weighted by atomic mass is 10.1. The fourth-order valence-corrected chi connectivity index (χ4v) is 10.8. The Balaban J connectivity index is 1.01. The van der Waals surface area contributed by atoms with Crippen LogP contribution in [0.3, 0.4) is 0 Å². The molecule has 0 aliphatic carbocycles. The topological polar surface area (TPSA) is 140 Å². The first kappa shape index (κ1) is 36.5. The molecule has 1 aliphatic rings. The van der Waals surface area contributed by atoms with Crippen molar-refractivity contribution in [1.29, 1.82) is 0 Å². The number of nitrogens with zero attached hydrogens (tertiary/aromatic N) is 7. The summed E-state index contributed by atoms with van der Waals surface area (Å²) < 4.78 is 15.8. The molecule has 12 nitrogen and oxygen atoms in total. The van der Waals surface area contributed by atoms with Crippen LogP contribution >= 0.6 is 57.5 Å². The summed E-state index contributed by atoms with van der Waals surface area (Å²) in [5.41, 5.74) is 6.82. The van der Waals surface area contributed by atoms with Crippen molar-refractivity contribution in [3.05, 3.63) is 134 Å². The highest BCUT2D eigenvalue weighted by Gasteiger charge is 2.34. The first-order valence-electron chi connectivity index (χ1n) is 17.1. The first-order chi connectivity index (χ1) is 27.9. The quantitative estimate of drug-likeness (QED) is 0.125. The molecular weight excluding hydrogens is 819 g/mol. The van der Waals surface area contributed by atoms with E-state index in [0.717, 1.165) is 83.4 Å². The third kappa shape index (κ3) is 6.89. The second kappa shape index (κ2) is 15.4. The van der Waals surface area contributed by atoms with Gasteiger partial charge in [-0.15, -0.1) is 34.0 Å². The number of imide groups is 1. The minimum Gasteiger partial charge on any atom is -0.446 e. The third-order valence-electron chi connectivity index (χ3n) is 8.95. The van der Waals surface area contributed by atoms with E-state index >= 15 is 0 Å². The summed E-state index contributed by atoms with van der Waals surface area (Å²) in [6.45, 7) is -0.183. The SMILES string of the molecule is CN1C(=O)S/C(=c2/s/c(=C/c3cnc(-c4ccc(-c5ncc(-c6ccc(N(c7ccccc7)c7ccccc7)cc6)s5)c5nsnc45)s3)c(=O)n2COC=O)C1=O. The van der Waals surface area contributed by atoms with Crippen molar-refractivity contribution in [2.45, 2.75) is 6.73 Å². The van der Waals surface area contributed by atoms with Crippen LogP contribution in [0.4, 0.5) is 21.9 Å². The van der Waals surface area contributed by atoms with E-state index in [4.69, 9.17) is 9.72 Å². The number of ether oxygens (including phenoxy) is 1. The van der Waals surface area contributed by atoms with Crippen molar-refractivity contribution < 1.29 is 19.1 Å². The lowest BCUT2D eigenvalue weighted by Gasteiger charge is -2.25. The number of rotatable bonds is 10. The standard InChI is InChI=1S/C40H25N7O5S5/c1-45-38(50)34(56-40(45)51)39-46(21-52-22-48)37(49)30(55-39)18-27-19-41-35(53-27)28-16-17-29(33-32(28)43-57-44-33)36-42-20-31(54-36)23-12-14-26(15-13-23)47(24-8-4-2-5-9-24)25-10-6-3-7-11-25/h2-20,22H,21H2,1H3/b30-18+,39-34+. The predicted octanol–water partition coefficient (Wildman–Crippen LogP) is 7.69. The van der Waals surface area contributed by atoms with E-state index in [1.54, 1.807) is 23.6 Å². The molecule has 0 radical (unpaired) electrons. The number of amides is 2. The van der Waals surface area contributed by atoms with Gasteiger partial charge >= 0.3 is 0 Å². The van der Waals surface area contributed by atoms with Crippen LogP contribution in [0.5, 0.6) is 0 Å². The zero-order chi connectivity index (χ0) is 39.0. The lowest BCUT2D eigenvalue weighted by Crippen LogP contribution is -2.33. The number of thioether (sulfide) groups is 1. The highest BCUT2D eigenvalue weighted by Crippen LogP contribution is 2.41. The van der Waals surface area contributed by atoms with Crippen LogP contribution in [0.15, 0.2) is 114 Å². The van der Waals surface area contributed by atoms with Crippen LogP contribution in [0, 0.1) is 0 Å². The molecule has 4 aromatic carbocycles. The third-order valence-corrected chi connectivity index (χ3v) is 13.8. The van der Waals surface area contributed by atoms with Crippen LogP contribution in [-0.2, 0) is 21.1 Å². The Hall–Kier alpha value is -6.11. The normalized spacial score (nSPS) is 14.2. The Labute approximate surface area is 343 Å². The molecule has 1 saturated heterocycles. The molecule has 0 atom stereocenters. The molecule has 57 heavy (non-hydrogen) atoms. The van der Waals surface area contributed by atoms with E-state index in [1.165, 1.54) is 23.0 Å². The largest absolute Gasteiger partial charge is 0.446 e. The number of fused-ring (bicyclic) bond motifs is 1.